The Morgan fingerprint density at radius 3 is 2.88 bits per heavy atom. The van der Waals surface area contributed by atoms with E-state index in [1.165, 1.54) is 11.8 Å². The number of rotatable bonds is 5. The molecule has 2 heterocycles. The summed E-state index contributed by atoms with van der Waals surface area (Å²) in [6, 6.07) is 5.41. The van der Waals surface area contributed by atoms with Crippen LogP contribution >= 0.6 is 27.7 Å². The summed E-state index contributed by atoms with van der Waals surface area (Å²) in [4.78, 5) is 31.5. The van der Waals surface area contributed by atoms with Gasteiger partial charge in [-0.05, 0) is 18.2 Å². The van der Waals surface area contributed by atoms with Gasteiger partial charge >= 0.3 is 0 Å². The van der Waals surface area contributed by atoms with Gasteiger partial charge in [0.2, 0.25) is 5.91 Å². The lowest BCUT2D eigenvalue weighted by Gasteiger charge is -2.26. The molecule has 0 aliphatic carbocycles. The van der Waals surface area contributed by atoms with Gasteiger partial charge in [0.25, 0.3) is 5.56 Å². The third-order valence-electron chi connectivity index (χ3n) is 3.88. The minimum Gasteiger partial charge on any atom is -0.378 e. The molecule has 25 heavy (non-hydrogen) atoms. The molecule has 1 aliphatic heterocycles. The van der Waals surface area contributed by atoms with Gasteiger partial charge in [-0.1, -0.05) is 33.8 Å². The summed E-state index contributed by atoms with van der Waals surface area (Å²) < 4.78 is 7.64. The zero-order chi connectivity index (χ0) is 17.8. The number of nitrogens with zero attached hydrogens (tertiary/aromatic N) is 3. The number of amides is 1. The van der Waals surface area contributed by atoms with Crippen molar-refractivity contribution in [2.75, 3.05) is 32.1 Å². The lowest BCUT2D eigenvalue weighted by atomic mass is 10.2. The molecule has 0 saturated carbocycles. The molecule has 2 aromatic rings. The Labute approximate surface area is 158 Å². The quantitative estimate of drug-likeness (QED) is 0.419. The van der Waals surface area contributed by atoms with Crippen molar-refractivity contribution in [1.29, 1.82) is 0 Å². The van der Waals surface area contributed by atoms with Gasteiger partial charge in [-0.2, -0.15) is 0 Å². The summed E-state index contributed by atoms with van der Waals surface area (Å²) in [6.45, 7) is 6.42. The lowest BCUT2D eigenvalue weighted by Crippen LogP contribution is -2.41. The molecule has 1 fully saturated rings. The molecular weight excluding hydrogens is 406 g/mol. The minimum absolute atomic E-state index is 0.0311. The molecule has 0 bridgehead atoms. The fourth-order valence-electron chi connectivity index (χ4n) is 2.60. The molecule has 132 valence electrons. The van der Waals surface area contributed by atoms with E-state index < -0.39 is 0 Å². The highest BCUT2D eigenvalue weighted by Crippen LogP contribution is 2.21. The van der Waals surface area contributed by atoms with Crippen molar-refractivity contribution in [3.05, 3.63) is 45.7 Å². The third-order valence-corrected chi connectivity index (χ3v) is 5.34. The van der Waals surface area contributed by atoms with E-state index in [4.69, 9.17) is 4.74 Å². The Kier molecular flexibility index (Phi) is 5.93. The van der Waals surface area contributed by atoms with Gasteiger partial charge in [0.15, 0.2) is 5.16 Å². The summed E-state index contributed by atoms with van der Waals surface area (Å²) in [5, 5.41) is 1.07. The van der Waals surface area contributed by atoms with E-state index in [0.29, 0.717) is 48.9 Å². The second-order valence-corrected chi connectivity index (χ2v) is 7.40. The van der Waals surface area contributed by atoms with Gasteiger partial charge in [0.1, 0.15) is 0 Å². The number of benzene rings is 1. The van der Waals surface area contributed by atoms with E-state index in [9.17, 15) is 9.59 Å². The highest BCUT2D eigenvalue weighted by atomic mass is 79.9. The van der Waals surface area contributed by atoms with Gasteiger partial charge in [0, 0.05) is 24.1 Å². The van der Waals surface area contributed by atoms with Crippen molar-refractivity contribution in [3.63, 3.8) is 0 Å². The number of halogens is 1. The predicted octanol–water partition coefficient (Wildman–Crippen LogP) is 2.30. The SMILES string of the molecule is C=CCn1c(SCC(=O)N2CCOCC2)nc2ccc(Br)cc2c1=O. The van der Waals surface area contributed by atoms with Crippen LogP contribution in [0.3, 0.4) is 0 Å². The summed E-state index contributed by atoms with van der Waals surface area (Å²) in [5.74, 6) is 0.273. The molecule has 8 heteroatoms. The first-order valence-electron chi connectivity index (χ1n) is 7.89. The molecule has 1 aliphatic rings. The normalized spacial score (nSPS) is 14.7. The van der Waals surface area contributed by atoms with Crippen LogP contribution in [0, 0.1) is 0 Å². The number of hydrogen-bond acceptors (Lipinski definition) is 5. The van der Waals surface area contributed by atoms with Crippen LogP contribution in [-0.2, 0) is 16.1 Å². The Hall–Kier alpha value is -1.64. The number of carbonyl (C=O) groups is 1. The van der Waals surface area contributed by atoms with Crippen molar-refractivity contribution in [1.82, 2.24) is 14.5 Å². The Bertz CT molecular complexity index is 862. The molecule has 0 radical (unpaired) electrons. The average molecular weight is 424 g/mol. The molecule has 1 aromatic carbocycles. The topological polar surface area (TPSA) is 64.4 Å². The number of morpholine rings is 1. The van der Waals surface area contributed by atoms with Crippen LogP contribution in [-0.4, -0.2) is 52.4 Å². The third kappa shape index (κ3) is 4.13. The van der Waals surface area contributed by atoms with Crippen LogP contribution in [0.5, 0.6) is 0 Å². The Balaban J connectivity index is 1.87. The first-order valence-corrected chi connectivity index (χ1v) is 9.67. The van der Waals surface area contributed by atoms with Gasteiger partial charge in [-0.15, -0.1) is 6.58 Å². The highest BCUT2D eigenvalue weighted by molar-refractivity contribution is 9.10. The minimum atomic E-state index is -0.132. The first kappa shape index (κ1) is 18.2. The Morgan fingerprint density at radius 1 is 1.40 bits per heavy atom. The number of fused-ring (bicyclic) bond motifs is 1. The van der Waals surface area contributed by atoms with E-state index >= 15 is 0 Å². The maximum Gasteiger partial charge on any atom is 0.262 e. The van der Waals surface area contributed by atoms with Crippen molar-refractivity contribution < 1.29 is 9.53 Å². The average Bonchev–Trinajstić information content (AvgIpc) is 2.63. The van der Waals surface area contributed by atoms with Gasteiger partial charge in [0.05, 0.1) is 29.9 Å². The molecule has 6 nitrogen and oxygen atoms in total. The molecule has 1 amide bonds. The highest BCUT2D eigenvalue weighted by Gasteiger charge is 2.18. The van der Waals surface area contributed by atoms with Gasteiger partial charge < -0.3 is 9.64 Å². The summed E-state index contributed by atoms with van der Waals surface area (Å²) in [6.07, 6.45) is 1.65. The van der Waals surface area contributed by atoms with Gasteiger partial charge in [-0.3, -0.25) is 14.2 Å². The largest absolute Gasteiger partial charge is 0.378 e. The van der Waals surface area contributed by atoms with Gasteiger partial charge in [-0.25, -0.2) is 4.98 Å². The van der Waals surface area contributed by atoms with Crippen molar-refractivity contribution in [3.8, 4) is 0 Å². The fraction of sp³-hybridized carbons (Fsp3) is 0.353. The number of ether oxygens (including phenoxy) is 1. The van der Waals surface area contributed by atoms with Crippen LogP contribution in [0.2, 0.25) is 0 Å². The second kappa shape index (κ2) is 8.16. The van der Waals surface area contributed by atoms with Crippen LogP contribution in [0.4, 0.5) is 0 Å². The molecule has 1 aromatic heterocycles. The van der Waals surface area contributed by atoms with Crippen LogP contribution < -0.4 is 5.56 Å². The number of hydrogen-bond donors (Lipinski definition) is 0. The summed E-state index contributed by atoms with van der Waals surface area (Å²) in [7, 11) is 0. The van der Waals surface area contributed by atoms with Crippen LogP contribution in [0.1, 0.15) is 0 Å². The molecule has 3 rings (SSSR count). The maximum absolute atomic E-state index is 12.8. The monoisotopic (exact) mass is 423 g/mol. The van der Waals surface area contributed by atoms with E-state index in [-0.39, 0.29) is 17.2 Å². The van der Waals surface area contributed by atoms with E-state index in [0.717, 1.165) is 4.47 Å². The van der Waals surface area contributed by atoms with Crippen molar-refractivity contribution in [2.45, 2.75) is 11.7 Å². The fourth-order valence-corrected chi connectivity index (χ4v) is 3.88. The molecule has 0 spiro atoms. The molecule has 0 unspecified atom stereocenters. The van der Waals surface area contributed by atoms with E-state index in [1.807, 2.05) is 6.07 Å². The smallest absolute Gasteiger partial charge is 0.262 e. The number of thioether (sulfide) groups is 1. The Morgan fingerprint density at radius 2 is 2.16 bits per heavy atom. The zero-order valence-electron chi connectivity index (χ0n) is 13.6. The lowest BCUT2D eigenvalue weighted by molar-refractivity contribution is -0.132. The zero-order valence-corrected chi connectivity index (χ0v) is 16.0. The second-order valence-electron chi connectivity index (χ2n) is 5.54. The van der Waals surface area contributed by atoms with Crippen LogP contribution in [0.15, 0.2) is 45.3 Å². The number of allylic oxidation sites excluding steroid dienone is 1. The van der Waals surface area contributed by atoms with E-state index in [1.54, 1.807) is 27.7 Å². The van der Waals surface area contributed by atoms with Crippen LogP contribution in [0.25, 0.3) is 10.9 Å². The van der Waals surface area contributed by atoms with Crippen molar-refractivity contribution >= 4 is 44.5 Å². The first-order chi connectivity index (χ1) is 12.1. The molecule has 0 N–H and O–H groups in total. The standard InChI is InChI=1S/C17H18BrN3O3S/c1-2-5-21-16(23)13-10-12(18)3-4-14(13)19-17(21)25-11-15(22)20-6-8-24-9-7-20/h2-4,10H,1,5-9,11H2. The molecular formula is C17H18BrN3O3S. The summed E-state index contributed by atoms with van der Waals surface area (Å²) >= 11 is 4.66. The number of aromatic nitrogens is 2. The maximum atomic E-state index is 12.8. The summed E-state index contributed by atoms with van der Waals surface area (Å²) in [5.41, 5.74) is 0.488. The molecule has 0 atom stereocenters. The number of carbonyl (C=O) groups excluding carboxylic acids is 1. The van der Waals surface area contributed by atoms with E-state index in [2.05, 4.69) is 27.5 Å². The van der Waals surface area contributed by atoms with Crippen molar-refractivity contribution in [2.24, 2.45) is 0 Å². The molecule has 1 saturated heterocycles. The predicted molar refractivity (Wildman–Crippen MR) is 102 cm³/mol.